The highest BCUT2D eigenvalue weighted by atomic mass is 16.5. The van der Waals surface area contributed by atoms with Crippen LogP contribution < -0.4 is 15.4 Å². The van der Waals surface area contributed by atoms with Gasteiger partial charge in [-0.2, -0.15) is 0 Å². The molecule has 0 spiro atoms. The van der Waals surface area contributed by atoms with Crippen LogP contribution in [0.25, 0.3) is 0 Å². The lowest BCUT2D eigenvalue weighted by molar-refractivity contribution is -0.123. The Morgan fingerprint density at radius 1 is 0.962 bits per heavy atom. The fraction of sp³-hybridized carbons (Fsp3) is 0.333. The van der Waals surface area contributed by atoms with Crippen molar-refractivity contribution in [1.82, 2.24) is 10.6 Å². The molecule has 0 aliphatic rings. The van der Waals surface area contributed by atoms with E-state index in [2.05, 4.69) is 10.6 Å². The molecule has 2 aromatic rings. The van der Waals surface area contributed by atoms with Crippen molar-refractivity contribution in [2.24, 2.45) is 0 Å². The highest BCUT2D eigenvalue weighted by Crippen LogP contribution is 2.17. The first kappa shape index (κ1) is 19.5. The zero-order valence-corrected chi connectivity index (χ0v) is 15.6. The topological polar surface area (TPSA) is 67.4 Å². The second kappa shape index (κ2) is 9.61. The molecule has 0 saturated heterocycles. The number of ether oxygens (including phenoxy) is 1. The first-order valence-corrected chi connectivity index (χ1v) is 8.84. The van der Waals surface area contributed by atoms with Crippen LogP contribution in [0.4, 0.5) is 0 Å². The monoisotopic (exact) mass is 354 g/mol. The number of benzene rings is 2. The average Bonchev–Trinajstić information content (AvgIpc) is 2.65. The molecule has 0 aliphatic carbocycles. The third-order valence-electron chi connectivity index (χ3n) is 4.21. The summed E-state index contributed by atoms with van der Waals surface area (Å²) in [6.07, 6.45) is 0.850. The summed E-state index contributed by atoms with van der Waals surface area (Å²) in [5, 5.41) is 5.54. The number of carbonyl (C=O) groups is 2. The normalized spacial score (nSPS) is 10.3. The van der Waals surface area contributed by atoms with Gasteiger partial charge in [0, 0.05) is 18.7 Å². The molecular formula is C21H26N2O3. The molecule has 2 N–H and O–H groups in total. The van der Waals surface area contributed by atoms with Gasteiger partial charge in [-0.05, 0) is 55.2 Å². The molecule has 0 aromatic heterocycles. The number of para-hydroxylation sites is 1. The van der Waals surface area contributed by atoms with Crippen LogP contribution in [0.5, 0.6) is 5.75 Å². The van der Waals surface area contributed by atoms with E-state index in [1.807, 2.05) is 57.2 Å². The van der Waals surface area contributed by atoms with Gasteiger partial charge in [0.1, 0.15) is 5.75 Å². The second-order valence-electron chi connectivity index (χ2n) is 6.15. The van der Waals surface area contributed by atoms with Crippen molar-refractivity contribution in [3.63, 3.8) is 0 Å². The zero-order chi connectivity index (χ0) is 18.9. The number of amides is 2. The molecule has 0 fully saturated rings. The van der Waals surface area contributed by atoms with Gasteiger partial charge >= 0.3 is 0 Å². The van der Waals surface area contributed by atoms with Crippen LogP contribution in [-0.2, 0) is 11.2 Å². The summed E-state index contributed by atoms with van der Waals surface area (Å²) >= 11 is 0. The lowest BCUT2D eigenvalue weighted by Gasteiger charge is -2.11. The molecule has 0 unspecified atom stereocenters. The van der Waals surface area contributed by atoms with Crippen molar-refractivity contribution in [2.45, 2.75) is 27.2 Å². The van der Waals surface area contributed by atoms with Crippen LogP contribution >= 0.6 is 0 Å². The van der Waals surface area contributed by atoms with E-state index in [1.54, 1.807) is 6.07 Å². The first-order chi connectivity index (χ1) is 12.5. The van der Waals surface area contributed by atoms with Crippen LogP contribution in [0.15, 0.2) is 42.5 Å². The second-order valence-corrected chi connectivity index (χ2v) is 6.15. The molecule has 0 radical (unpaired) electrons. The molecule has 0 saturated carbocycles. The number of hydrogen-bond acceptors (Lipinski definition) is 3. The summed E-state index contributed by atoms with van der Waals surface area (Å²) in [7, 11) is 0. The molecule has 2 rings (SSSR count). The summed E-state index contributed by atoms with van der Waals surface area (Å²) in [6.45, 7) is 6.70. The largest absolute Gasteiger partial charge is 0.483 e. The number of aryl methyl sites for hydroxylation is 3. The molecule has 5 nitrogen and oxygen atoms in total. The van der Waals surface area contributed by atoms with Crippen molar-refractivity contribution >= 4 is 11.8 Å². The quantitative estimate of drug-likeness (QED) is 0.717. The smallest absolute Gasteiger partial charge is 0.258 e. The molecular weight excluding hydrogens is 328 g/mol. The van der Waals surface area contributed by atoms with Gasteiger partial charge in [-0.25, -0.2) is 0 Å². The van der Waals surface area contributed by atoms with Crippen LogP contribution in [0, 0.1) is 13.8 Å². The SMILES string of the molecule is CCc1ccccc1OCC(=O)NCCNC(=O)c1ccc(C)c(C)c1. The molecule has 2 amide bonds. The summed E-state index contributed by atoms with van der Waals surface area (Å²) in [6, 6.07) is 13.3. The highest BCUT2D eigenvalue weighted by Gasteiger charge is 2.07. The molecule has 2 aromatic carbocycles. The molecule has 138 valence electrons. The Balaban J connectivity index is 1.69. The van der Waals surface area contributed by atoms with Gasteiger partial charge in [0.05, 0.1) is 0 Å². The van der Waals surface area contributed by atoms with E-state index < -0.39 is 0 Å². The Morgan fingerprint density at radius 3 is 2.42 bits per heavy atom. The van der Waals surface area contributed by atoms with Gasteiger partial charge in [0.25, 0.3) is 11.8 Å². The number of hydrogen-bond donors (Lipinski definition) is 2. The highest BCUT2D eigenvalue weighted by molar-refractivity contribution is 5.94. The Morgan fingerprint density at radius 2 is 1.69 bits per heavy atom. The van der Waals surface area contributed by atoms with E-state index in [4.69, 9.17) is 4.74 Å². The molecule has 5 heteroatoms. The average molecular weight is 354 g/mol. The third kappa shape index (κ3) is 5.62. The minimum Gasteiger partial charge on any atom is -0.483 e. The van der Waals surface area contributed by atoms with E-state index in [1.165, 1.54) is 0 Å². The minimum atomic E-state index is -0.212. The van der Waals surface area contributed by atoms with E-state index >= 15 is 0 Å². The van der Waals surface area contributed by atoms with Crippen LogP contribution in [-0.4, -0.2) is 31.5 Å². The standard InChI is InChI=1S/C21H26N2O3/c1-4-17-7-5-6-8-19(17)26-14-20(24)22-11-12-23-21(25)18-10-9-15(2)16(3)13-18/h5-10,13H,4,11-12,14H2,1-3H3,(H,22,24)(H,23,25). The zero-order valence-electron chi connectivity index (χ0n) is 15.6. The predicted molar refractivity (Wildman–Crippen MR) is 103 cm³/mol. The van der Waals surface area contributed by atoms with E-state index in [0.717, 1.165) is 28.9 Å². The Hall–Kier alpha value is -2.82. The maximum Gasteiger partial charge on any atom is 0.258 e. The fourth-order valence-corrected chi connectivity index (χ4v) is 2.49. The van der Waals surface area contributed by atoms with Crippen LogP contribution in [0.3, 0.4) is 0 Å². The Bertz CT molecular complexity index is 772. The maximum atomic E-state index is 12.1. The lowest BCUT2D eigenvalue weighted by atomic mass is 10.1. The first-order valence-electron chi connectivity index (χ1n) is 8.84. The minimum absolute atomic E-state index is 0.0396. The summed E-state index contributed by atoms with van der Waals surface area (Å²) in [4.78, 5) is 23.9. The van der Waals surface area contributed by atoms with Crippen molar-refractivity contribution in [2.75, 3.05) is 19.7 Å². The summed E-state index contributed by atoms with van der Waals surface area (Å²) in [5.41, 5.74) is 3.92. The van der Waals surface area contributed by atoms with Crippen LogP contribution in [0.1, 0.15) is 34.0 Å². The van der Waals surface area contributed by atoms with Crippen molar-refractivity contribution in [3.05, 3.63) is 64.7 Å². The van der Waals surface area contributed by atoms with E-state index in [-0.39, 0.29) is 18.4 Å². The Kier molecular flexibility index (Phi) is 7.21. The fourth-order valence-electron chi connectivity index (χ4n) is 2.49. The van der Waals surface area contributed by atoms with Crippen molar-refractivity contribution < 1.29 is 14.3 Å². The van der Waals surface area contributed by atoms with Gasteiger partial charge in [-0.15, -0.1) is 0 Å². The molecule has 0 heterocycles. The van der Waals surface area contributed by atoms with Gasteiger partial charge in [-0.1, -0.05) is 31.2 Å². The lowest BCUT2D eigenvalue weighted by Crippen LogP contribution is -2.36. The number of rotatable bonds is 8. The van der Waals surface area contributed by atoms with E-state index in [0.29, 0.717) is 18.7 Å². The maximum absolute atomic E-state index is 12.1. The summed E-state index contributed by atoms with van der Waals surface area (Å²) < 4.78 is 5.56. The van der Waals surface area contributed by atoms with E-state index in [9.17, 15) is 9.59 Å². The van der Waals surface area contributed by atoms with Gasteiger partial charge < -0.3 is 15.4 Å². The van der Waals surface area contributed by atoms with Crippen molar-refractivity contribution in [1.29, 1.82) is 0 Å². The molecule has 0 bridgehead atoms. The summed E-state index contributed by atoms with van der Waals surface area (Å²) in [5.74, 6) is 0.375. The Labute approximate surface area is 154 Å². The van der Waals surface area contributed by atoms with Gasteiger partial charge in [0.15, 0.2) is 6.61 Å². The predicted octanol–water partition coefficient (Wildman–Crippen LogP) is 2.79. The number of carbonyl (C=O) groups excluding carboxylic acids is 2. The van der Waals surface area contributed by atoms with Gasteiger partial charge in [0.2, 0.25) is 0 Å². The van der Waals surface area contributed by atoms with Crippen molar-refractivity contribution in [3.8, 4) is 5.75 Å². The molecule has 26 heavy (non-hydrogen) atoms. The third-order valence-corrected chi connectivity index (χ3v) is 4.21. The number of nitrogens with one attached hydrogen (secondary N) is 2. The molecule has 0 atom stereocenters. The van der Waals surface area contributed by atoms with Gasteiger partial charge in [-0.3, -0.25) is 9.59 Å². The van der Waals surface area contributed by atoms with Crippen LogP contribution in [0.2, 0.25) is 0 Å². The molecule has 0 aliphatic heterocycles.